The van der Waals surface area contributed by atoms with Crippen LogP contribution in [0.25, 0.3) is 22.3 Å². The average molecular weight is 300 g/mol. The van der Waals surface area contributed by atoms with E-state index in [0.717, 1.165) is 19.5 Å². The summed E-state index contributed by atoms with van der Waals surface area (Å²) >= 11 is 0. The van der Waals surface area contributed by atoms with Gasteiger partial charge in [0.25, 0.3) is 0 Å². The standard InChI is InChI=1S/C21H20N2/c1-15-19(16-6-3-2-4-7-16)8-5-9-20(15)17-12-18-13-22-11-10-21(18)23-14-17/h2-9,12,14,22H,10-11,13H2,1H3. The third kappa shape index (κ3) is 2.66. The van der Waals surface area contributed by atoms with Crippen LogP contribution in [0.3, 0.4) is 0 Å². The number of hydrogen-bond acceptors (Lipinski definition) is 2. The molecule has 114 valence electrons. The number of nitrogens with one attached hydrogen (secondary N) is 1. The number of hydrogen-bond donors (Lipinski definition) is 1. The van der Waals surface area contributed by atoms with Gasteiger partial charge in [0.15, 0.2) is 0 Å². The highest BCUT2D eigenvalue weighted by Crippen LogP contribution is 2.32. The van der Waals surface area contributed by atoms with Gasteiger partial charge in [0, 0.05) is 37.0 Å². The zero-order chi connectivity index (χ0) is 15.6. The van der Waals surface area contributed by atoms with E-state index in [-0.39, 0.29) is 0 Å². The number of pyridine rings is 1. The molecule has 1 aliphatic rings. The number of rotatable bonds is 2. The maximum Gasteiger partial charge on any atom is 0.0461 e. The first kappa shape index (κ1) is 14.2. The van der Waals surface area contributed by atoms with Crippen LogP contribution in [-0.2, 0) is 13.0 Å². The second kappa shape index (κ2) is 5.98. The molecule has 1 aliphatic heterocycles. The zero-order valence-corrected chi connectivity index (χ0v) is 13.3. The fourth-order valence-electron chi connectivity index (χ4n) is 3.37. The largest absolute Gasteiger partial charge is 0.312 e. The molecule has 23 heavy (non-hydrogen) atoms. The molecule has 2 nitrogen and oxygen atoms in total. The van der Waals surface area contributed by atoms with E-state index >= 15 is 0 Å². The summed E-state index contributed by atoms with van der Waals surface area (Å²) < 4.78 is 0. The molecule has 4 rings (SSSR count). The van der Waals surface area contributed by atoms with Crippen molar-refractivity contribution in [2.75, 3.05) is 6.54 Å². The van der Waals surface area contributed by atoms with Gasteiger partial charge in [-0.3, -0.25) is 4.98 Å². The van der Waals surface area contributed by atoms with Crippen LogP contribution in [0.1, 0.15) is 16.8 Å². The highest BCUT2D eigenvalue weighted by atomic mass is 14.9. The van der Waals surface area contributed by atoms with E-state index in [0.29, 0.717) is 0 Å². The summed E-state index contributed by atoms with van der Waals surface area (Å²) in [6, 6.07) is 19.4. The van der Waals surface area contributed by atoms with Crippen LogP contribution in [0.4, 0.5) is 0 Å². The van der Waals surface area contributed by atoms with Gasteiger partial charge in [-0.25, -0.2) is 0 Å². The molecule has 0 unspecified atom stereocenters. The fraction of sp³-hybridized carbons (Fsp3) is 0.190. The lowest BCUT2D eigenvalue weighted by Crippen LogP contribution is -2.24. The Morgan fingerprint density at radius 2 is 1.70 bits per heavy atom. The van der Waals surface area contributed by atoms with Gasteiger partial charge in [0.2, 0.25) is 0 Å². The summed E-state index contributed by atoms with van der Waals surface area (Å²) in [5.41, 5.74) is 8.92. The summed E-state index contributed by atoms with van der Waals surface area (Å²) in [7, 11) is 0. The molecule has 0 spiro atoms. The Kier molecular flexibility index (Phi) is 3.68. The lowest BCUT2D eigenvalue weighted by Gasteiger charge is -2.18. The van der Waals surface area contributed by atoms with Crippen molar-refractivity contribution in [3.05, 3.63) is 77.6 Å². The van der Waals surface area contributed by atoms with Crippen molar-refractivity contribution in [3.63, 3.8) is 0 Å². The van der Waals surface area contributed by atoms with E-state index in [2.05, 4.69) is 66.8 Å². The summed E-state index contributed by atoms with van der Waals surface area (Å²) in [4.78, 5) is 4.70. The molecule has 0 bridgehead atoms. The highest BCUT2D eigenvalue weighted by Gasteiger charge is 2.13. The monoisotopic (exact) mass is 300 g/mol. The van der Waals surface area contributed by atoms with Crippen molar-refractivity contribution in [1.82, 2.24) is 10.3 Å². The van der Waals surface area contributed by atoms with Crippen molar-refractivity contribution in [1.29, 1.82) is 0 Å². The molecule has 2 heteroatoms. The van der Waals surface area contributed by atoms with Crippen molar-refractivity contribution < 1.29 is 0 Å². The molecule has 0 aliphatic carbocycles. The van der Waals surface area contributed by atoms with Crippen molar-refractivity contribution in [2.24, 2.45) is 0 Å². The Balaban J connectivity index is 1.81. The van der Waals surface area contributed by atoms with E-state index in [4.69, 9.17) is 4.98 Å². The SMILES string of the molecule is Cc1c(-c2ccccc2)cccc1-c1cnc2c(c1)CNCC2. The predicted molar refractivity (Wildman–Crippen MR) is 95.3 cm³/mol. The summed E-state index contributed by atoms with van der Waals surface area (Å²) in [5.74, 6) is 0. The van der Waals surface area contributed by atoms with E-state index in [1.807, 2.05) is 6.20 Å². The van der Waals surface area contributed by atoms with E-state index in [1.165, 1.54) is 39.1 Å². The third-order valence-corrected chi connectivity index (χ3v) is 4.64. The van der Waals surface area contributed by atoms with Gasteiger partial charge in [-0.1, -0.05) is 48.5 Å². The van der Waals surface area contributed by atoms with Gasteiger partial charge in [-0.05, 0) is 40.8 Å². The third-order valence-electron chi connectivity index (χ3n) is 4.64. The number of nitrogens with zero attached hydrogens (tertiary/aromatic N) is 1. The van der Waals surface area contributed by atoms with Crippen LogP contribution in [0.15, 0.2) is 60.8 Å². The van der Waals surface area contributed by atoms with Gasteiger partial charge >= 0.3 is 0 Å². The van der Waals surface area contributed by atoms with Gasteiger partial charge in [0.1, 0.15) is 0 Å². The van der Waals surface area contributed by atoms with Crippen molar-refractivity contribution in [3.8, 4) is 22.3 Å². The Labute approximate surface area is 137 Å². The summed E-state index contributed by atoms with van der Waals surface area (Å²) in [6.07, 6.45) is 3.06. The Morgan fingerprint density at radius 3 is 2.52 bits per heavy atom. The van der Waals surface area contributed by atoms with Crippen LogP contribution in [0, 0.1) is 6.92 Å². The molecule has 1 N–H and O–H groups in total. The minimum absolute atomic E-state index is 0.924. The van der Waals surface area contributed by atoms with Crippen LogP contribution in [0.5, 0.6) is 0 Å². The first-order valence-corrected chi connectivity index (χ1v) is 8.17. The van der Waals surface area contributed by atoms with Gasteiger partial charge < -0.3 is 5.32 Å². The lowest BCUT2D eigenvalue weighted by molar-refractivity contribution is 0.630. The van der Waals surface area contributed by atoms with Crippen molar-refractivity contribution in [2.45, 2.75) is 19.9 Å². The first-order valence-electron chi connectivity index (χ1n) is 8.17. The molecule has 0 fully saturated rings. The van der Waals surface area contributed by atoms with Gasteiger partial charge in [-0.2, -0.15) is 0 Å². The van der Waals surface area contributed by atoms with Crippen LogP contribution < -0.4 is 5.32 Å². The molecule has 0 atom stereocenters. The maximum atomic E-state index is 4.70. The molecule has 2 heterocycles. The fourth-order valence-corrected chi connectivity index (χ4v) is 3.37. The topological polar surface area (TPSA) is 24.9 Å². The molecule has 0 saturated heterocycles. The number of benzene rings is 2. The smallest absolute Gasteiger partial charge is 0.0461 e. The molecular formula is C21H20N2. The number of aromatic nitrogens is 1. The molecule has 0 amide bonds. The molecule has 2 aromatic carbocycles. The first-order chi connectivity index (χ1) is 11.3. The Morgan fingerprint density at radius 1 is 0.913 bits per heavy atom. The molecule has 1 aromatic heterocycles. The minimum Gasteiger partial charge on any atom is -0.312 e. The molecular weight excluding hydrogens is 280 g/mol. The van der Waals surface area contributed by atoms with Gasteiger partial charge in [-0.15, -0.1) is 0 Å². The quantitative estimate of drug-likeness (QED) is 0.760. The van der Waals surface area contributed by atoms with Crippen LogP contribution in [0.2, 0.25) is 0 Å². The zero-order valence-electron chi connectivity index (χ0n) is 13.3. The second-order valence-electron chi connectivity index (χ2n) is 6.10. The minimum atomic E-state index is 0.924. The molecule has 3 aromatic rings. The molecule has 0 radical (unpaired) electrons. The normalized spacial score (nSPS) is 13.6. The highest BCUT2D eigenvalue weighted by molar-refractivity contribution is 5.78. The van der Waals surface area contributed by atoms with Crippen LogP contribution in [-0.4, -0.2) is 11.5 Å². The Hall–Kier alpha value is -2.45. The van der Waals surface area contributed by atoms with Gasteiger partial charge in [0.05, 0.1) is 0 Å². The van der Waals surface area contributed by atoms with E-state index in [1.54, 1.807) is 0 Å². The number of fused-ring (bicyclic) bond motifs is 1. The maximum absolute atomic E-state index is 4.70. The summed E-state index contributed by atoms with van der Waals surface area (Å²) in [6.45, 7) is 4.16. The Bertz CT molecular complexity index is 838. The van der Waals surface area contributed by atoms with E-state index in [9.17, 15) is 0 Å². The van der Waals surface area contributed by atoms with Crippen molar-refractivity contribution >= 4 is 0 Å². The molecule has 0 saturated carbocycles. The van der Waals surface area contributed by atoms with E-state index < -0.39 is 0 Å². The lowest BCUT2D eigenvalue weighted by atomic mass is 9.92. The second-order valence-corrected chi connectivity index (χ2v) is 6.10. The van der Waals surface area contributed by atoms with Crippen LogP contribution >= 0.6 is 0 Å². The average Bonchev–Trinajstić information content (AvgIpc) is 2.62. The predicted octanol–water partition coefficient (Wildman–Crippen LogP) is 4.37. The summed E-state index contributed by atoms with van der Waals surface area (Å²) in [5, 5.41) is 3.43.